The summed E-state index contributed by atoms with van der Waals surface area (Å²) in [5.74, 6) is 0. The Balaban J connectivity index is 2.27. The first-order valence-electron chi connectivity index (χ1n) is 6.90. The van der Waals surface area contributed by atoms with Crippen molar-refractivity contribution in [3.63, 3.8) is 0 Å². The Labute approximate surface area is 133 Å². The van der Waals surface area contributed by atoms with E-state index in [0.29, 0.717) is 0 Å². The van der Waals surface area contributed by atoms with Crippen LogP contribution in [-0.4, -0.2) is 4.57 Å². The summed E-state index contributed by atoms with van der Waals surface area (Å²) < 4.78 is 1.95. The number of hydrogen-bond donors (Lipinski definition) is 0. The van der Waals surface area contributed by atoms with Crippen molar-refractivity contribution in [2.75, 3.05) is 0 Å². The molecule has 0 atom stereocenters. The molecule has 0 radical (unpaired) electrons. The molecule has 0 amide bonds. The standard InChI is InChI=1S/C19H10N4/c20-11-14(15(12-21)13-22)9-10-23-18-7-3-1-5-16(18)17-6-2-4-8-19(17)23/h1-10H/b10-9+. The lowest BCUT2D eigenvalue weighted by atomic mass is 10.1. The van der Waals surface area contributed by atoms with E-state index in [0.717, 1.165) is 21.8 Å². The molecule has 0 N–H and O–H groups in total. The fraction of sp³-hybridized carbons (Fsp3) is 0. The number of para-hydroxylation sites is 2. The maximum atomic E-state index is 9.14. The second kappa shape index (κ2) is 5.90. The van der Waals surface area contributed by atoms with E-state index >= 15 is 0 Å². The molecular formula is C19H10N4. The van der Waals surface area contributed by atoms with Crippen molar-refractivity contribution in [1.82, 2.24) is 4.57 Å². The van der Waals surface area contributed by atoms with Crippen LogP contribution < -0.4 is 0 Å². The largest absolute Gasteiger partial charge is 0.316 e. The maximum Gasteiger partial charge on any atom is 0.147 e. The molecule has 0 spiro atoms. The van der Waals surface area contributed by atoms with Gasteiger partial charge in [0.2, 0.25) is 0 Å². The lowest BCUT2D eigenvalue weighted by Gasteiger charge is -2.00. The van der Waals surface area contributed by atoms with Crippen molar-refractivity contribution < 1.29 is 0 Å². The minimum atomic E-state index is -0.190. The Morgan fingerprint density at radius 1 is 0.783 bits per heavy atom. The number of allylic oxidation sites excluding steroid dienone is 3. The second-order valence-corrected chi connectivity index (χ2v) is 4.84. The maximum absolute atomic E-state index is 9.14. The van der Waals surface area contributed by atoms with E-state index < -0.39 is 0 Å². The minimum Gasteiger partial charge on any atom is -0.316 e. The summed E-state index contributed by atoms with van der Waals surface area (Å²) in [6.07, 6.45) is 3.22. The van der Waals surface area contributed by atoms with Gasteiger partial charge in [-0.1, -0.05) is 36.4 Å². The highest BCUT2D eigenvalue weighted by Crippen LogP contribution is 2.29. The van der Waals surface area contributed by atoms with Gasteiger partial charge in [0.25, 0.3) is 0 Å². The van der Waals surface area contributed by atoms with Crippen molar-refractivity contribution in [3.05, 3.63) is 65.8 Å². The van der Waals surface area contributed by atoms with E-state index in [2.05, 4.69) is 0 Å². The third-order valence-corrected chi connectivity index (χ3v) is 3.62. The van der Waals surface area contributed by atoms with E-state index in [9.17, 15) is 0 Å². The Bertz CT molecular complexity index is 1020. The molecule has 23 heavy (non-hydrogen) atoms. The summed E-state index contributed by atoms with van der Waals surface area (Å²) in [5, 5.41) is 29.2. The highest BCUT2D eigenvalue weighted by molar-refractivity contribution is 6.09. The molecule has 4 nitrogen and oxygen atoms in total. The molecule has 0 saturated carbocycles. The first-order valence-corrected chi connectivity index (χ1v) is 6.90. The molecule has 0 saturated heterocycles. The monoisotopic (exact) mass is 294 g/mol. The minimum absolute atomic E-state index is 0.0527. The van der Waals surface area contributed by atoms with Crippen LogP contribution >= 0.6 is 0 Å². The van der Waals surface area contributed by atoms with Crippen LogP contribution in [0.1, 0.15) is 0 Å². The van der Waals surface area contributed by atoms with Gasteiger partial charge < -0.3 is 4.57 Å². The van der Waals surface area contributed by atoms with Gasteiger partial charge in [0, 0.05) is 17.0 Å². The SMILES string of the molecule is N#CC(C#N)=C(C#N)/C=C/n1c2ccccc2c2ccccc21. The first kappa shape index (κ1) is 14.1. The van der Waals surface area contributed by atoms with Crippen LogP contribution in [0.2, 0.25) is 0 Å². The van der Waals surface area contributed by atoms with Crippen molar-refractivity contribution in [1.29, 1.82) is 15.8 Å². The van der Waals surface area contributed by atoms with E-state index in [1.54, 1.807) is 18.3 Å². The van der Waals surface area contributed by atoms with Crippen molar-refractivity contribution >= 4 is 28.0 Å². The normalized spacial score (nSPS) is 10.3. The second-order valence-electron chi connectivity index (χ2n) is 4.84. The zero-order valence-corrected chi connectivity index (χ0v) is 12.1. The molecule has 4 heteroatoms. The van der Waals surface area contributed by atoms with Gasteiger partial charge in [-0.25, -0.2) is 0 Å². The van der Waals surface area contributed by atoms with Crippen LogP contribution in [0.5, 0.6) is 0 Å². The van der Waals surface area contributed by atoms with Gasteiger partial charge in [0.15, 0.2) is 0 Å². The Morgan fingerprint density at radius 3 is 1.78 bits per heavy atom. The fourth-order valence-corrected chi connectivity index (χ4v) is 2.58. The van der Waals surface area contributed by atoms with Crippen molar-refractivity contribution in [3.8, 4) is 18.2 Å². The number of hydrogen-bond acceptors (Lipinski definition) is 3. The summed E-state index contributed by atoms with van der Waals surface area (Å²) in [5.41, 5.74) is 1.86. The average molecular weight is 294 g/mol. The first-order chi connectivity index (χ1) is 11.3. The zero-order chi connectivity index (χ0) is 16.2. The summed E-state index contributed by atoms with van der Waals surface area (Å²) in [7, 11) is 0. The highest BCUT2D eigenvalue weighted by Gasteiger charge is 2.08. The highest BCUT2D eigenvalue weighted by atomic mass is 14.9. The van der Waals surface area contributed by atoms with Gasteiger partial charge in [-0.15, -0.1) is 0 Å². The third kappa shape index (κ3) is 2.33. The van der Waals surface area contributed by atoms with Crippen LogP contribution in [0.25, 0.3) is 28.0 Å². The topological polar surface area (TPSA) is 76.3 Å². The molecule has 0 aliphatic heterocycles. The molecule has 0 fully saturated rings. The quantitative estimate of drug-likeness (QED) is 0.526. The molecule has 1 aromatic heterocycles. The smallest absolute Gasteiger partial charge is 0.147 e. The van der Waals surface area contributed by atoms with Crippen LogP contribution in [0.4, 0.5) is 0 Å². The molecule has 3 aromatic rings. The zero-order valence-electron chi connectivity index (χ0n) is 12.1. The predicted molar refractivity (Wildman–Crippen MR) is 88.6 cm³/mol. The summed E-state index contributed by atoms with van der Waals surface area (Å²) in [6.45, 7) is 0. The molecule has 2 aromatic carbocycles. The van der Waals surface area contributed by atoms with E-state index in [-0.39, 0.29) is 11.1 Å². The van der Waals surface area contributed by atoms with Gasteiger partial charge in [-0.3, -0.25) is 0 Å². The number of rotatable bonds is 2. The van der Waals surface area contributed by atoms with Crippen LogP contribution in [0.3, 0.4) is 0 Å². The molecule has 106 valence electrons. The lowest BCUT2D eigenvalue weighted by molar-refractivity contribution is 1.29. The molecule has 0 bridgehead atoms. The van der Waals surface area contributed by atoms with Gasteiger partial charge in [-0.2, -0.15) is 15.8 Å². The Morgan fingerprint density at radius 2 is 1.30 bits per heavy atom. The molecular weight excluding hydrogens is 284 g/mol. The predicted octanol–water partition coefficient (Wildman–Crippen LogP) is 4.13. The lowest BCUT2D eigenvalue weighted by Crippen LogP contribution is -1.87. The van der Waals surface area contributed by atoms with E-state index in [4.69, 9.17) is 15.8 Å². The van der Waals surface area contributed by atoms with Crippen LogP contribution in [0, 0.1) is 34.0 Å². The average Bonchev–Trinajstić information content (AvgIpc) is 2.93. The molecule has 0 aliphatic carbocycles. The van der Waals surface area contributed by atoms with Gasteiger partial charge in [0.05, 0.1) is 16.6 Å². The molecule has 0 aliphatic rings. The van der Waals surface area contributed by atoms with Crippen molar-refractivity contribution in [2.24, 2.45) is 0 Å². The molecule has 3 rings (SSSR count). The van der Waals surface area contributed by atoms with Gasteiger partial charge >= 0.3 is 0 Å². The number of fused-ring (bicyclic) bond motifs is 3. The number of benzene rings is 2. The summed E-state index contributed by atoms with van der Waals surface area (Å²) in [4.78, 5) is 0. The summed E-state index contributed by atoms with van der Waals surface area (Å²) in [6, 6.07) is 21.3. The third-order valence-electron chi connectivity index (χ3n) is 3.62. The summed E-state index contributed by atoms with van der Waals surface area (Å²) >= 11 is 0. The number of nitrogens with zero attached hydrogens (tertiary/aromatic N) is 4. The Kier molecular flexibility index (Phi) is 3.63. The van der Waals surface area contributed by atoms with Gasteiger partial charge in [-0.05, 0) is 18.2 Å². The van der Waals surface area contributed by atoms with Gasteiger partial charge in [0.1, 0.15) is 23.8 Å². The molecule has 0 unspecified atom stereocenters. The fourth-order valence-electron chi connectivity index (χ4n) is 2.58. The van der Waals surface area contributed by atoms with Crippen LogP contribution in [0.15, 0.2) is 65.8 Å². The van der Waals surface area contributed by atoms with Crippen molar-refractivity contribution in [2.45, 2.75) is 0 Å². The molecule has 1 heterocycles. The Hall–Kier alpha value is -3.81. The number of aromatic nitrogens is 1. The van der Waals surface area contributed by atoms with Crippen LogP contribution in [-0.2, 0) is 0 Å². The van der Waals surface area contributed by atoms with E-state index in [1.165, 1.54) is 6.08 Å². The number of nitriles is 3. The van der Waals surface area contributed by atoms with E-state index in [1.807, 2.05) is 59.2 Å².